The Kier molecular flexibility index (Phi) is 4.74. The quantitative estimate of drug-likeness (QED) is 0.865. The predicted molar refractivity (Wildman–Crippen MR) is 90.1 cm³/mol. The van der Waals surface area contributed by atoms with Gasteiger partial charge in [-0.15, -0.1) is 0 Å². The van der Waals surface area contributed by atoms with Gasteiger partial charge in [-0.05, 0) is 55.5 Å². The Morgan fingerprint density at radius 2 is 1.57 bits per heavy atom. The van der Waals surface area contributed by atoms with Crippen molar-refractivity contribution >= 4 is 15.9 Å². The maximum Gasteiger partial charge on any atom is 0.128 e. The van der Waals surface area contributed by atoms with Crippen LogP contribution in [0.4, 0.5) is 0 Å². The normalized spacial score (nSPS) is 12.3. The van der Waals surface area contributed by atoms with Crippen LogP contribution in [0.2, 0.25) is 0 Å². The molecule has 0 aliphatic carbocycles. The second-order valence-electron chi connectivity index (χ2n) is 5.50. The van der Waals surface area contributed by atoms with Gasteiger partial charge >= 0.3 is 0 Å². The van der Waals surface area contributed by atoms with Crippen LogP contribution in [-0.4, -0.2) is 12.2 Å². The van der Waals surface area contributed by atoms with E-state index >= 15 is 0 Å². The summed E-state index contributed by atoms with van der Waals surface area (Å²) in [5, 5.41) is 10.8. The highest BCUT2D eigenvalue weighted by Gasteiger charge is 2.19. The number of benzene rings is 2. The van der Waals surface area contributed by atoms with Crippen LogP contribution in [0, 0.1) is 27.7 Å². The zero-order valence-electron chi connectivity index (χ0n) is 13.1. The first-order valence-electron chi connectivity index (χ1n) is 6.95. The fourth-order valence-electron chi connectivity index (χ4n) is 2.61. The third-order valence-electron chi connectivity index (χ3n) is 3.98. The molecule has 112 valence electrons. The maximum absolute atomic E-state index is 10.8. The van der Waals surface area contributed by atoms with Crippen molar-refractivity contribution in [3.63, 3.8) is 0 Å². The van der Waals surface area contributed by atoms with Gasteiger partial charge in [0.25, 0.3) is 0 Å². The van der Waals surface area contributed by atoms with Crippen molar-refractivity contribution < 1.29 is 9.84 Å². The molecule has 1 atom stereocenters. The molecule has 1 N–H and O–H groups in total. The summed E-state index contributed by atoms with van der Waals surface area (Å²) in [5.74, 6) is 0.765. The number of halogens is 1. The molecule has 0 bridgehead atoms. The molecule has 21 heavy (non-hydrogen) atoms. The summed E-state index contributed by atoms with van der Waals surface area (Å²) in [7, 11) is 1.65. The van der Waals surface area contributed by atoms with Crippen LogP contribution < -0.4 is 4.74 Å². The highest BCUT2D eigenvalue weighted by Crippen LogP contribution is 2.35. The van der Waals surface area contributed by atoms with E-state index in [1.165, 1.54) is 0 Å². The molecule has 2 aromatic rings. The van der Waals surface area contributed by atoms with Crippen LogP contribution in [0.15, 0.2) is 28.7 Å². The molecule has 2 rings (SSSR count). The van der Waals surface area contributed by atoms with Gasteiger partial charge in [0.05, 0.1) is 7.11 Å². The van der Waals surface area contributed by atoms with Gasteiger partial charge in [-0.3, -0.25) is 0 Å². The van der Waals surface area contributed by atoms with E-state index in [9.17, 15) is 5.11 Å². The van der Waals surface area contributed by atoms with Gasteiger partial charge < -0.3 is 9.84 Å². The van der Waals surface area contributed by atoms with Crippen LogP contribution in [0.3, 0.4) is 0 Å². The highest BCUT2D eigenvalue weighted by molar-refractivity contribution is 9.10. The zero-order valence-corrected chi connectivity index (χ0v) is 14.7. The Labute approximate surface area is 134 Å². The SMILES string of the molecule is COc1c(C(O)c2cc(C)c(Br)c(C)c2)ccc(C)c1C. The van der Waals surface area contributed by atoms with Gasteiger partial charge in [0, 0.05) is 10.0 Å². The van der Waals surface area contributed by atoms with Crippen molar-refractivity contribution in [3.05, 3.63) is 62.1 Å². The highest BCUT2D eigenvalue weighted by atomic mass is 79.9. The van der Waals surface area contributed by atoms with Crippen molar-refractivity contribution in [1.29, 1.82) is 0 Å². The Bertz CT molecular complexity index is 654. The average molecular weight is 349 g/mol. The van der Waals surface area contributed by atoms with Crippen molar-refractivity contribution in [3.8, 4) is 5.75 Å². The molecule has 2 aromatic carbocycles. The van der Waals surface area contributed by atoms with E-state index in [0.717, 1.165) is 43.6 Å². The number of aryl methyl sites for hydroxylation is 3. The van der Waals surface area contributed by atoms with E-state index in [1.54, 1.807) is 7.11 Å². The van der Waals surface area contributed by atoms with Crippen LogP contribution in [0.1, 0.15) is 39.5 Å². The monoisotopic (exact) mass is 348 g/mol. The molecule has 2 nitrogen and oxygen atoms in total. The van der Waals surface area contributed by atoms with Crippen molar-refractivity contribution in [1.82, 2.24) is 0 Å². The van der Waals surface area contributed by atoms with Gasteiger partial charge in [0.2, 0.25) is 0 Å². The van der Waals surface area contributed by atoms with Crippen molar-refractivity contribution in [2.75, 3.05) is 7.11 Å². The molecule has 0 fully saturated rings. The second-order valence-corrected chi connectivity index (χ2v) is 6.29. The van der Waals surface area contributed by atoms with Crippen LogP contribution >= 0.6 is 15.9 Å². The number of ether oxygens (including phenoxy) is 1. The third kappa shape index (κ3) is 2.99. The van der Waals surface area contributed by atoms with Crippen LogP contribution in [0.25, 0.3) is 0 Å². The molecule has 0 aromatic heterocycles. The lowest BCUT2D eigenvalue weighted by Crippen LogP contribution is -2.05. The summed E-state index contributed by atoms with van der Waals surface area (Å²) >= 11 is 3.56. The minimum absolute atomic E-state index is 0.690. The fraction of sp³-hybridized carbons (Fsp3) is 0.333. The van der Waals surface area contributed by atoms with Gasteiger partial charge in [-0.2, -0.15) is 0 Å². The van der Waals surface area contributed by atoms with E-state index < -0.39 is 6.10 Å². The molecule has 1 unspecified atom stereocenters. The van der Waals surface area contributed by atoms with E-state index in [4.69, 9.17) is 4.74 Å². The molecule has 0 aliphatic heterocycles. The summed E-state index contributed by atoms with van der Waals surface area (Å²) in [6.45, 7) is 8.13. The van der Waals surface area contributed by atoms with Crippen molar-refractivity contribution in [2.24, 2.45) is 0 Å². The molecular weight excluding hydrogens is 328 g/mol. The summed E-state index contributed by atoms with van der Waals surface area (Å²) in [6.07, 6.45) is -0.690. The van der Waals surface area contributed by atoms with Gasteiger partial charge in [0.15, 0.2) is 0 Å². The standard InChI is InChI=1S/C18H21BrO2/c1-10-6-7-15(18(21-5)13(10)4)17(20)14-8-11(2)16(19)12(3)9-14/h6-9,17,20H,1-5H3. The molecule has 3 heteroatoms. The summed E-state index contributed by atoms with van der Waals surface area (Å²) in [6, 6.07) is 7.99. The second kappa shape index (κ2) is 6.20. The Morgan fingerprint density at radius 1 is 1.00 bits per heavy atom. The molecule has 0 amide bonds. The molecular formula is C18H21BrO2. The topological polar surface area (TPSA) is 29.5 Å². The smallest absolute Gasteiger partial charge is 0.128 e. The molecule has 0 spiro atoms. The number of aliphatic hydroxyl groups is 1. The minimum atomic E-state index is -0.690. The Balaban J connectivity index is 2.55. The first kappa shape index (κ1) is 16.1. The predicted octanol–water partition coefficient (Wildman–Crippen LogP) is 4.77. The molecule has 0 heterocycles. The van der Waals surface area contributed by atoms with E-state index in [1.807, 2.05) is 52.0 Å². The molecule has 0 saturated heterocycles. The van der Waals surface area contributed by atoms with E-state index in [-0.39, 0.29) is 0 Å². The zero-order chi connectivity index (χ0) is 15.7. The number of hydrogen-bond donors (Lipinski definition) is 1. The summed E-state index contributed by atoms with van der Waals surface area (Å²) < 4.78 is 6.60. The van der Waals surface area contributed by atoms with Crippen LogP contribution in [0.5, 0.6) is 5.75 Å². The van der Waals surface area contributed by atoms with Gasteiger partial charge in [-0.25, -0.2) is 0 Å². The Hall–Kier alpha value is -1.32. The fourth-order valence-corrected chi connectivity index (χ4v) is 2.84. The number of rotatable bonds is 3. The number of hydrogen-bond acceptors (Lipinski definition) is 2. The van der Waals surface area contributed by atoms with Crippen molar-refractivity contribution in [2.45, 2.75) is 33.8 Å². The van der Waals surface area contributed by atoms with E-state index in [0.29, 0.717) is 0 Å². The average Bonchev–Trinajstić information content (AvgIpc) is 2.46. The molecule has 0 saturated carbocycles. The lowest BCUT2D eigenvalue weighted by Gasteiger charge is -2.19. The van der Waals surface area contributed by atoms with Crippen LogP contribution in [-0.2, 0) is 0 Å². The Morgan fingerprint density at radius 3 is 2.10 bits per heavy atom. The summed E-state index contributed by atoms with van der Waals surface area (Å²) in [5.41, 5.74) is 6.15. The lowest BCUT2D eigenvalue weighted by atomic mass is 9.94. The van der Waals surface area contributed by atoms with Gasteiger partial charge in [0.1, 0.15) is 11.9 Å². The lowest BCUT2D eigenvalue weighted by molar-refractivity contribution is 0.214. The molecule has 0 aliphatic rings. The van der Waals surface area contributed by atoms with Gasteiger partial charge in [-0.1, -0.05) is 40.2 Å². The minimum Gasteiger partial charge on any atom is -0.496 e. The number of methoxy groups -OCH3 is 1. The first-order valence-corrected chi connectivity index (χ1v) is 7.75. The largest absolute Gasteiger partial charge is 0.496 e. The molecule has 0 radical (unpaired) electrons. The third-order valence-corrected chi connectivity index (χ3v) is 5.23. The first-order chi connectivity index (χ1) is 9.86. The maximum atomic E-state index is 10.8. The van der Waals surface area contributed by atoms with E-state index in [2.05, 4.69) is 15.9 Å². The summed E-state index contributed by atoms with van der Waals surface area (Å²) in [4.78, 5) is 0. The number of aliphatic hydroxyl groups excluding tert-OH is 1.